The van der Waals surface area contributed by atoms with E-state index in [-0.39, 0.29) is 6.61 Å². The van der Waals surface area contributed by atoms with Gasteiger partial charge >= 0.3 is 5.97 Å². The van der Waals surface area contributed by atoms with Crippen molar-refractivity contribution in [2.45, 2.75) is 6.92 Å². The number of rotatable bonds is 3. The topological polar surface area (TPSA) is 59.4 Å². The van der Waals surface area contributed by atoms with Gasteiger partial charge in [0.2, 0.25) is 0 Å². The molecule has 0 aliphatic rings. The third-order valence-electron chi connectivity index (χ3n) is 1.67. The molecule has 0 bridgehead atoms. The van der Waals surface area contributed by atoms with E-state index in [1.165, 1.54) is 4.70 Å². The zero-order valence-electron chi connectivity index (χ0n) is 8.92. The maximum atomic E-state index is 9.63. The van der Waals surface area contributed by atoms with E-state index in [0.717, 1.165) is 5.52 Å². The molecule has 1 aromatic heterocycles. The lowest BCUT2D eigenvalue weighted by molar-refractivity contribution is -0.142. The lowest BCUT2D eigenvalue weighted by atomic mass is 10.3. The number of ether oxygens (including phenoxy) is 1. The predicted molar refractivity (Wildman–Crippen MR) is 63.7 cm³/mol. The zero-order valence-corrected chi connectivity index (χ0v) is 9.74. The second kappa shape index (κ2) is 6.92. The molecule has 0 aliphatic carbocycles. The number of nitrogens with zero attached hydrogens (tertiary/aromatic N) is 1. The summed E-state index contributed by atoms with van der Waals surface area (Å²) in [5.41, 5.74) is 2.97. The summed E-state index contributed by atoms with van der Waals surface area (Å²) < 4.78 is 5.76. The van der Waals surface area contributed by atoms with Gasteiger partial charge in [0.05, 0.1) is 15.7 Å². The molecule has 1 heterocycles. The molecule has 0 aliphatic heterocycles. The first kappa shape index (κ1) is 12.6. The average Bonchev–Trinajstić information content (AvgIpc) is 2.75. The summed E-state index contributed by atoms with van der Waals surface area (Å²) in [5, 5.41) is 7.92. The third kappa shape index (κ3) is 4.37. The molecule has 86 valence electrons. The molecule has 2 aromatic rings. The Labute approximate surface area is 97.5 Å². The second-order valence-corrected chi connectivity index (χ2v) is 3.74. The van der Waals surface area contributed by atoms with Crippen LogP contribution in [-0.2, 0) is 9.53 Å². The van der Waals surface area contributed by atoms with Crippen LogP contribution in [0.5, 0.6) is 0 Å². The van der Waals surface area contributed by atoms with Crippen molar-refractivity contribution < 1.29 is 14.6 Å². The lowest BCUT2D eigenvalue weighted by Crippen LogP contribution is -2.05. The molecule has 0 radical (unpaired) electrons. The molecule has 2 rings (SSSR count). The standard InChI is InChI=1S/C7H5NS.C4H8O3/c1-2-4-7-6(3-1)8-5-9-7;1-2-7-3-4(5)6/h1-5H;2-3H2,1H3,(H,5,6). The molecule has 0 fully saturated rings. The SMILES string of the molecule is CCOCC(=O)O.c1ccc2scnc2c1. The smallest absolute Gasteiger partial charge is 0.329 e. The number of hydrogen-bond donors (Lipinski definition) is 1. The minimum atomic E-state index is -0.915. The van der Waals surface area contributed by atoms with Crippen LogP contribution in [0.4, 0.5) is 0 Å². The summed E-state index contributed by atoms with van der Waals surface area (Å²) in [6.07, 6.45) is 0. The van der Waals surface area contributed by atoms with Gasteiger partial charge in [0.1, 0.15) is 6.61 Å². The first-order chi connectivity index (χ1) is 7.74. The van der Waals surface area contributed by atoms with Crippen molar-refractivity contribution >= 4 is 27.5 Å². The summed E-state index contributed by atoms with van der Waals surface area (Å²) >= 11 is 1.68. The Morgan fingerprint density at radius 2 is 2.25 bits per heavy atom. The Kier molecular flexibility index (Phi) is 5.45. The van der Waals surface area contributed by atoms with E-state index in [2.05, 4.69) is 15.8 Å². The van der Waals surface area contributed by atoms with Crippen LogP contribution in [0.15, 0.2) is 29.8 Å². The van der Waals surface area contributed by atoms with Crippen LogP contribution in [0.1, 0.15) is 6.92 Å². The van der Waals surface area contributed by atoms with E-state index in [9.17, 15) is 4.79 Å². The van der Waals surface area contributed by atoms with Crippen LogP contribution in [0.2, 0.25) is 0 Å². The highest BCUT2D eigenvalue weighted by Crippen LogP contribution is 2.15. The molecule has 1 N–H and O–H groups in total. The van der Waals surface area contributed by atoms with Crippen molar-refractivity contribution in [2.75, 3.05) is 13.2 Å². The second-order valence-electron chi connectivity index (χ2n) is 2.85. The summed E-state index contributed by atoms with van der Waals surface area (Å²) in [5.74, 6) is -0.915. The van der Waals surface area contributed by atoms with Gasteiger partial charge in [0.25, 0.3) is 0 Å². The van der Waals surface area contributed by atoms with Crippen molar-refractivity contribution in [3.05, 3.63) is 29.8 Å². The minimum absolute atomic E-state index is 0.184. The van der Waals surface area contributed by atoms with Gasteiger partial charge in [-0.05, 0) is 19.1 Å². The van der Waals surface area contributed by atoms with Crippen LogP contribution in [0.3, 0.4) is 0 Å². The molecule has 0 saturated heterocycles. The number of hydrogen-bond acceptors (Lipinski definition) is 4. The van der Waals surface area contributed by atoms with Gasteiger partial charge in [-0.3, -0.25) is 0 Å². The van der Waals surface area contributed by atoms with Gasteiger partial charge < -0.3 is 9.84 Å². The number of carbonyl (C=O) groups is 1. The highest BCUT2D eigenvalue weighted by atomic mass is 32.1. The highest BCUT2D eigenvalue weighted by Gasteiger charge is 1.90. The monoisotopic (exact) mass is 239 g/mol. The summed E-state index contributed by atoms with van der Waals surface area (Å²) in [6.45, 7) is 2.03. The normalized spacial score (nSPS) is 9.56. The third-order valence-corrected chi connectivity index (χ3v) is 2.48. The quantitative estimate of drug-likeness (QED) is 0.893. The Morgan fingerprint density at radius 1 is 1.50 bits per heavy atom. The summed E-state index contributed by atoms with van der Waals surface area (Å²) in [7, 11) is 0. The molecule has 0 spiro atoms. The fraction of sp³-hybridized carbons (Fsp3) is 0.273. The Bertz CT molecular complexity index is 411. The van der Waals surface area contributed by atoms with Gasteiger partial charge in [0.15, 0.2) is 0 Å². The molecule has 0 unspecified atom stereocenters. The molecule has 0 saturated carbocycles. The number of thiazole rings is 1. The molecular formula is C11H13NO3S. The van der Waals surface area contributed by atoms with Gasteiger partial charge in [0, 0.05) is 6.61 Å². The number of aliphatic carboxylic acids is 1. The first-order valence-electron chi connectivity index (χ1n) is 4.81. The average molecular weight is 239 g/mol. The van der Waals surface area contributed by atoms with Crippen molar-refractivity contribution in [3.8, 4) is 0 Å². The van der Waals surface area contributed by atoms with Crippen molar-refractivity contribution in [3.63, 3.8) is 0 Å². The molecule has 5 heteroatoms. The van der Waals surface area contributed by atoms with Gasteiger partial charge in [-0.25, -0.2) is 9.78 Å². The summed E-state index contributed by atoms with van der Waals surface area (Å²) in [6, 6.07) is 8.13. The molecule has 1 aromatic carbocycles. The lowest BCUT2D eigenvalue weighted by Gasteiger charge is -1.90. The van der Waals surface area contributed by atoms with Crippen LogP contribution in [0.25, 0.3) is 10.2 Å². The van der Waals surface area contributed by atoms with Gasteiger partial charge in [-0.1, -0.05) is 12.1 Å². The van der Waals surface area contributed by atoms with Crippen LogP contribution < -0.4 is 0 Å². The molecular weight excluding hydrogens is 226 g/mol. The van der Waals surface area contributed by atoms with E-state index >= 15 is 0 Å². The molecule has 0 atom stereocenters. The molecule has 0 amide bonds. The minimum Gasteiger partial charge on any atom is -0.480 e. The number of benzene rings is 1. The largest absolute Gasteiger partial charge is 0.480 e. The van der Waals surface area contributed by atoms with E-state index in [4.69, 9.17) is 5.11 Å². The van der Waals surface area contributed by atoms with Gasteiger partial charge in [-0.2, -0.15) is 0 Å². The van der Waals surface area contributed by atoms with Crippen molar-refractivity contribution in [1.29, 1.82) is 0 Å². The summed E-state index contributed by atoms with van der Waals surface area (Å²) in [4.78, 5) is 13.8. The Balaban J connectivity index is 0.000000168. The van der Waals surface area contributed by atoms with E-state index in [0.29, 0.717) is 6.61 Å². The maximum absolute atomic E-state index is 9.63. The maximum Gasteiger partial charge on any atom is 0.329 e. The number of carboxylic acids is 1. The van der Waals surface area contributed by atoms with Crippen LogP contribution in [0, 0.1) is 0 Å². The van der Waals surface area contributed by atoms with E-state index in [1.54, 1.807) is 18.3 Å². The van der Waals surface area contributed by atoms with Gasteiger partial charge in [-0.15, -0.1) is 11.3 Å². The van der Waals surface area contributed by atoms with E-state index < -0.39 is 5.97 Å². The van der Waals surface area contributed by atoms with Crippen LogP contribution in [-0.4, -0.2) is 29.3 Å². The molecule has 16 heavy (non-hydrogen) atoms. The van der Waals surface area contributed by atoms with Crippen LogP contribution >= 0.6 is 11.3 Å². The number of fused-ring (bicyclic) bond motifs is 1. The Morgan fingerprint density at radius 3 is 2.81 bits per heavy atom. The number of carboxylic acid groups (broad SMARTS) is 1. The first-order valence-corrected chi connectivity index (χ1v) is 5.69. The zero-order chi connectivity index (χ0) is 11.8. The molecule has 4 nitrogen and oxygen atoms in total. The fourth-order valence-electron chi connectivity index (χ4n) is 0.993. The number of aromatic nitrogens is 1. The predicted octanol–water partition coefficient (Wildman–Crippen LogP) is 2.40. The van der Waals surface area contributed by atoms with Crippen molar-refractivity contribution in [1.82, 2.24) is 4.98 Å². The Hall–Kier alpha value is -1.46. The number of para-hydroxylation sites is 1. The van der Waals surface area contributed by atoms with E-state index in [1.807, 2.05) is 23.7 Å². The fourth-order valence-corrected chi connectivity index (χ4v) is 1.67. The van der Waals surface area contributed by atoms with Crippen molar-refractivity contribution in [2.24, 2.45) is 0 Å². The highest BCUT2D eigenvalue weighted by molar-refractivity contribution is 7.16.